The molecule has 2 unspecified atom stereocenters. The number of ether oxygens (including phenoxy) is 1. The van der Waals surface area contributed by atoms with E-state index in [0.717, 1.165) is 25.7 Å². The Morgan fingerprint density at radius 1 is 0.875 bits per heavy atom. The molecule has 2 atom stereocenters. The van der Waals surface area contributed by atoms with E-state index in [1.54, 1.807) is 6.07 Å². The van der Waals surface area contributed by atoms with Crippen LogP contribution in [0.5, 0.6) is 0 Å². The molecule has 1 saturated heterocycles. The maximum atomic E-state index is 15.1. The lowest BCUT2D eigenvalue weighted by molar-refractivity contribution is -0.0218. The Kier molecular flexibility index (Phi) is 7.18. The summed E-state index contributed by atoms with van der Waals surface area (Å²) in [6, 6.07) is 3.01. The van der Waals surface area contributed by atoms with E-state index in [-0.39, 0.29) is 41.5 Å². The molecule has 2 aromatic carbocycles. The Morgan fingerprint density at radius 3 is 2.25 bits per heavy atom. The number of unbranched alkanes of at least 4 members (excludes halogenated alkanes) is 2. The van der Waals surface area contributed by atoms with Gasteiger partial charge in [-0.1, -0.05) is 32.3 Å². The maximum Gasteiger partial charge on any atom is 0.167 e. The van der Waals surface area contributed by atoms with E-state index in [2.05, 4.69) is 6.92 Å². The van der Waals surface area contributed by atoms with Crippen LogP contribution in [0, 0.1) is 29.2 Å². The second-order valence-corrected chi connectivity index (χ2v) is 9.06. The third-order valence-corrected chi connectivity index (χ3v) is 6.82. The summed E-state index contributed by atoms with van der Waals surface area (Å²) in [5.41, 5.74) is 0.636. The number of fused-ring (bicyclic) bond motifs is 3. The van der Waals surface area contributed by atoms with E-state index in [1.807, 2.05) is 0 Å². The van der Waals surface area contributed by atoms with E-state index in [1.165, 1.54) is 12.5 Å². The first-order valence-electron chi connectivity index (χ1n) is 11.6. The van der Waals surface area contributed by atoms with Crippen LogP contribution in [0.15, 0.2) is 12.1 Å². The molecule has 32 heavy (non-hydrogen) atoms. The van der Waals surface area contributed by atoms with Crippen LogP contribution in [0.4, 0.5) is 22.0 Å². The summed E-state index contributed by atoms with van der Waals surface area (Å²) < 4.78 is 77.9. The van der Waals surface area contributed by atoms with Crippen LogP contribution < -0.4 is 0 Å². The fourth-order valence-electron chi connectivity index (χ4n) is 5.10. The van der Waals surface area contributed by atoms with Crippen molar-refractivity contribution in [3.05, 3.63) is 57.7 Å². The van der Waals surface area contributed by atoms with Crippen molar-refractivity contribution in [2.24, 2.45) is 5.92 Å². The zero-order valence-electron chi connectivity index (χ0n) is 18.4. The van der Waals surface area contributed by atoms with Gasteiger partial charge in [0, 0.05) is 16.7 Å². The van der Waals surface area contributed by atoms with Crippen LogP contribution >= 0.6 is 0 Å². The number of halogens is 5. The molecule has 2 aromatic rings. The standard InChI is InChI=1S/C26H29F5O/c1-2-3-4-6-15-8-9-20(32-14-15)19-13-18-12-17-11-16(7-5-10-27)23(28)25(30)21(17)22(18)26(31)24(19)29/h11,13,15,20H,2-10,12,14H2,1H3. The summed E-state index contributed by atoms with van der Waals surface area (Å²) >= 11 is 0. The highest BCUT2D eigenvalue weighted by atomic mass is 19.2. The lowest BCUT2D eigenvalue weighted by Crippen LogP contribution is -2.22. The predicted octanol–water partition coefficient (Wildman–Crippen LogP) is 7.76. The van der Waals surface area contributed by atoms with Crippen molar-refractivity contribution in [3.63, 3.8) is 0 Å². The Labute approximate surface area is 186 Å². The first-order valence-corrected chi connectivity index (χ1v) is 11.6. The Bertz CT molecular complexity index is 979. The van der Waals surface area contributed by atoms with Crippen molar-refractivity contribution < 1.29 is 26.7 Å². The van der Waals surface area contributed by atoms with Crippen LogP contribution in [0.25, 0.3) is 11.1 Å². The minimum atomic E-state index is -1.19. The van der Waals surface area contributed by atoms with Gasteiger partial charge < -0.3 is 4.74 Å². The van der Waals surface area contributed by atoms with E-state index in [0.29, 0.717) is 30.1 Å². The molecule has 174 valence electrons. The van der Waals surface area contributed by atoms with Crippen LogP contribution in [-0.2, 0) is 17.6 Å². The Morgan fingerprint density at radius 2 is 1.59 bits per heavy atom. The van der Waals surface area contributed by atoms with E-state index in [4.69, 9.17) is 4.74 Å². The topological polar surface area (TPSA) is 9.23 Å². The van der Waals surface area contributed by atoms with Gasteiger partial charge in [-0.2, -0.15) is 0 Å². The molecule has 6 heteroatoms. The van der Waals surface area contributed by atoms with E-state index in [9.17, 15) is 13.2 Å². The third-order valence-electron chi connectivity index (χ3n) is 6.82. The highest BCUT2D eigenvalue weighted by Gasteiger charge is 2.34. The number of hydrogen-bond donors (Lipinski definition) is 0. The van der Waals surface area contributed by atoms with Crippen molar-refractivity contribution in [2.75, 3.05) is 13.3 Å². The number of alkyl halides is 1. The maximum absolute atomic E-state index is 15.1. The second-order valence-electron chi connectivity index (χ2n) is 9.06. The summed E-state index contributed by atoms with van der Waals surface area (Å²) in [4.78, 5) is 0. The molecule has 1 aliphatic carbocycles. The summed E-state index contributed by atoms with van der Waals surface area (Å²) in [6.45, 7) is 2.04. The Hall–Kier alpha value is -1.95. The molecule has 1 aliphatic heterocycles. The Balaban J connectivity index is 1.59. The van der Waals surface area contributed by atoms with Gasteiger partial charge in [0.05, 0.1) is 19.4 Å². The number of aryl methyl sites for hydroxylation is 1. The van der Waals surface area contributed by atoms with Crippen LogP contribution in [0.3, 0.4) is 0 Å². The van der Waals surface area contributed by atoms with Gasteiger partial charge in [-0.05, 0) is 67.2 Å². The lowest BCUT2D eigenvalue weighted by Gasteiger charge is -2.30. The van der Waals surface area contributed by atoms with Gasteiger partial charge in [-0.25, -0.2) is 17.6 Å². The fraction of sp³-hybridized carbons (Fsp3) is 0.538. The molecule has 0 radical (unpaired) electrons. The molecule has 2 aliphatic rings. The molecular weight excluding hydrogens is 423 g/mol. The molecule has 1 nitrogen and oxygen atoms in total. The molecule has 0 aromatic heterocycles. The first kappa shape index (κ1) is 23.2. The molecule has 0 amide bonds. The minimum absolute atomic E-state index is 0.0559. The van der Waals surface area contributed by atoms with Crippen LogP contribution in [0.1, 0.15) is 80.2 Å². The van der Waals surface area contributed by atoms with E-state index >= 15 is 8.78 Å². The van der Waals surface area contributed by atoms with Crippen molar-refractivity contribution in [3.8, 4) is 11.1 Å². The van der Waals surface area contributed by atoms with Gasteiger partial charge in [0.1, 0.15) is 0 Å². The molecule has 0 saturated carbocycles. The molecule has 0 spiro atoms. The van der Waals surface area contributed by atoms with Crippen molar-refractivity contribution >= 4 is 0 Å². The zero-order chi connectivity index (χ0) is 22.8. The van der Waals surface area contributed by atoms with Crippen molar-refractivity contribution in [1.29, 1.82) is 0 Å². The fourth-order valence-corrected chi connectivity index (χ4v) is 5.10. The zero-order valence-corrected chi connectivity index (χ0v) is 18.4. The first-order chi connectivity index (χ1) is 15.5. The average molecular weight is 453 g/mol. The van der Waals surface area contributed by atoms with Crippen LogP contribution in [-0.4, -0.2) is 13.3 Å². The summed E-state index contributed by atoms with van der Waals surface area (Å²) in [6.07, 6.45) is 5.83. The van der Waals surface area contributed by atoms with Gasteiger partial charge >= 0.3 is 0 Å². The predicted molar refractivity (Wildman–Crippen MR) is 114 cm³/mol. The van der Waals surface area contributed by atoms with Crippen molar-refractivity contribution in [2.45, 2.75) is 70.8 Å². The highest BCUT2D eigenvalue weighted by Crippen LogP contribution is 2.45. The van der Waals surface area contributed by atoms with Gasteiger partial charge in [0.25, 0.3) is 0 Å². The molecule has 0 bridgehead atoms. The largest absolute Gasteiger partial charge is 0.373 e. The van der Waals surface area contributed by atoms with Gasteiger partial charge in [-0.15, -0.1) is 0 Å². The average Bonchev–Trinajstić information content (AvgIpc) is 3.17. The van der Waals surface area contributed by atoms with Gasteiger partial charge in [-0.3, -0.25) is 4.39 Å². The smallest absolute Gasteiger partial charge is 0.167 e. The highest BCUT2D eigenvalue weighted by molar-refractivity contribution is 5.79. The van der Waals surface area contributed by atoms with Gasteiger partial charge in [0.15, 0.2) is 23.3 Å². The molecule has 4 rings (SSSR count). The van der Waals surface area contributed by atoms with Crippen molar-refractivity contribution in [1.82, 2.24) is 0 Å². The second kappa shape index (κ2) is 9.90. The monoisotopic (exact) mass is 452 g/mol. The molecule has 1 fully saturated rings. The molecule has 1 heterocycles. The number of rotatable bonds is 8. The molecule has 0 N–H and O–H groups in total. The minimum Gasteiger partial charge on any atom is -0.373 e. The number of hydrogen-bond acceptors (Lipinski definition) is 1. The summed E-state index contributed by atoms with van der Waals surface area (Å²) in [5.74, 6) is -4.07. The summed E-state index contributed by atoms with van der Waals surface area (Å²) in [5, 5.41) is 0. The van der Waals surface area contributed by atoms with E-state index < -0.39 is 36.0 Å². The lowest BCUT2D eigenvalue weighted by atomic mass is 9.89. The van der Waals surface area contributed by atoms with Gasteiger partial charge in [0.2, 0.25) is 0 Å². The normalized spacial score (nSPS) is 19.8. The summed E-state index contributed by atoms with van der Waals surface area (Å²) in [7, 11) is 0. The third kappa shape index (κ3) is 4.30. The SMILES string of the molecule is CCCCCC1CCC(c2cc3c(c(F)c2F)-c2c(cc(CCCF)c(F)c2F)C3)OC1. The molecular formula is C26H29F5O. The van der Waals surface area contributed by atoms with Crippen LogP contribution in [0.2, 0.25) is 0 Å². The quantitative estimate of drug-likeness (QED) is 0.251. The number of benzene rings is 2.